The third-order valence-electron chi connectivity index (χ3n) is 4.86. The maximum absolute atomic E-state index is 13.2. The number of halogens is 1. The number of anilines is 1. The van der Waals surface area contributed by atoms with E-state index in [0.29, 0.717) is 10.6 Å². The number of aliphatic hydroxyl groups is 3. The molecule has 2 aromatic heterocycles. The molecule has 0 aliphatic carbocycles. The van der Waals surface area contributed by atoms with Crippen LogP contribution in [-0.2, 0) is 11.3 Å². The number of nitrogens with two attached hydrogens (primary N) is 1. The molecule has 2 unspecified atom stereocenters. The van der Waals surface area contributed by atoms with Crippen LogP contribution in [-0.4, -0.2) is 59.3 Å². The quantitative estimate of drug-likeness (QED) is 0.348. The lowest BCUT2D eigenvalue weighted by Gasteiger charge is -2.15. The first-order chi connectivity index (χ1) is 13.8. The Morgan fingerprint density at radius 3 is 2.52 bits per heavy atom. The maximum Gasteiger partial charge on any atom is 0.333 e. The largest absolute Gasteiger partial charge is 0.394 e. The number of hydrogen-bond donors (Lipinski definition) is 5. The van der Waals surface area contributed by atoms with Gasteiger partial charge in [-0.3, -0.25) is 14.3 Å². The number of aromatic nitrogens is 4. The number of aromatic amines is 1. The van der Waals surface area contributed by atoms with Crippen molar-refractivity contribution in [2.75, 3.05) is 12.3 Å². The summed E-state index contributed by atoms with van der Waals surface area (Å²) in [5, 5.41) is 30.2. The number of rotatable bonds is 4. The molecular formula is C17H18ClN5O6. The zero-order valence-corrected chi connectivity index (χ0v) is 15.7. The van der Waals surface area contributed by atoms with Gasteiger partial charge in [0.15, 0.2) is 17.4 Å². The van der Waals surface area contributed by atoms with E-state index in [2.05, 4.69) is 9.97 Å². The molecule has 0 bridgehead atoms. The van der Waals surface area contributed by atoms with Gasteiger partial charge < -0.3 is 25.8 Å². The Hall–Kier alpha value is -2.70. The van der Waals surface area contributed by atoms with Crippen molar-refractivity contribution in [2.24, 2.45) is 0 Å². The number of H-pyrrole nitrogens is 1. The predicted molar refractivity (Wildman–Crippen MR) is 103 cm³/mol. The zero-order valence-electron chi connectivity index (χ0n) is 14.9. The van der Waals surface area contributed by atoms with Gasteiger partial charge in [0.1, 0.15) is 18.3 Å². The van der Waals surface area contributed by atoms with Crippen molar-refractivity contribution in [3.05, 3.63) is 55.7 Å². The molecule has 3 heterocycles. The van der Waals surface area contributed by atoms with Gasteiger partial charge in [0.25, 0.3) is 5.56 Å². The van der Waals surface area contributed by atoms with Gasteiger partial charge in [-0.15, -0.1) is 0 Å². The molecule has 1 aliphatic heterocycles. The van der Waals surface area contributed by atoms with Gasteiger partial charge in [-0.25, -0.2) is 9.36 Å². The molecule has 1 fully saturated rings. The normalized spacial score (nSPS) is 24.4. The zero-order chi connectivity index (χ0) is 20.9. The predicted octanol–water partition coefficient (Wildman–Crippen LogP) is -1.22. The molecule has 4 atom stereocenters. The smallest absolute Gasteiger partial charge is 0.333 e. The highest BCUT2D eigenvalue weighted by molar-refractivity contribution is 6.30. The molecule has 0 radical (unpaired) electrons. The molecule has 6 N–H and O–H groups in total. The Kier molecular flexibility index (Phi) is 4.92. The lowest BCUT2D eigenvalue weighted by molar-refractivity contribution is -0.0527. The molecule has 3 aromatic rings. The van der Waals surface area contributed by atoms with Crippen LogP contribution in [0.15, 0.2) is 33.9 Å². The molecule has 29 heavy (non-hydrogen) atoms. The fourth-order valence-electron chi connectivity index (χ4n) is 3.44. The van der Waals surface area contributed by atoms with Crippen LogP contribution in [0.25, 0.3) is 11.2 Å². The molecule has 0 saturated carbocycles. The van der Waals surface area contributed by atoms with Gasteiger partial charge in [-0.2, -0.15) is 4.98 Å². The molecule has 1 aromatic carbocycles. The molecule has 4 rings (SSSR count). The van der Waals surface area contributed by atoms with Crippen molar-refractivity contribution in [2.45, 2.75) is 31.1 Å². The highest BCUT2D eigenvalue weighted by Crippen LogP contribution is 2.30. The van der Waals surface area contributed by atoms with E-state index in [-0.39, 0.29) is 23.7 Å². The minimum absolute atomic E-state index is 0.0168. The maximum atomic E-state index is 13.2. The number of aliphatic hydroxyl groups excluding tert-OH is 3. The topological polar surface area (TPSA) is 169 Å². The summed E-state index contributed by atoms with van der Waals surface area (Å²) in [5.41, 5.74) is 4.79. The first-order valence-electron chi connectivity index (χ1n) is 8.69. The fraction of sp³-hybridized carbons (Fsp3) is 0.353. The first kappa shape index (κ1) is 19.6. The van der Waals surface area contributed by atoms with Crippen molar-refractivity contribution < 1.29 is 20.1 Å². The Morgan fingerprint density at radius 1 is 1.21 bits per heavy atom. The van der Waals surface area contributed by atoms with E-state index in [4.69, 9.17) is 22.1 Å². The Bertz CT molecular complexity index is 1170. The van der Waals surface area contributed by atoms with E-state index in [1.165, 1.54) is 4.57 Å². The molecule has 0 spiro atoms. The average Bonchev–Trinajstić information content (AvgIpc) is 3.11. The third kappa shape index (κ3) is 3.22. The van der Waals surface area contributed by atoms with Crippen molar-refractivity contribution >= 4 is 28.7 Å². The van der Waals surface area contributed by atoms with E-state index in [9.17, 15) is 24.9 Å². The summed E-state index contributed by atoms with van der Waals surface area (Å²) in [7, 11) is 0. The number of imidazole rings is 1. The van der Waals surface area contributed by atoms with Gasteiger partial charge in [0, 0.05) is 5.02 Å². The Labute approximate surface area is 167 Å². The number of benzene rings is 1. The van der Waals surface area contributed by atoms with Crippen molar-refractivity contribution in [1.29, 1.82) is 0 Å². The second kappa shape index (κ2) is 7.28. The molecular weight excluding hydrogens is 406 g/mol. The number of hydrogen-bond acceptors (Lipinski definition) is 8. The standard InChI is InChI=1S/C17H18ClN5O6/c18-8-3-1-7(2-4-8)5-22-10-13(20-16(19)21-14(10)27)23(17(22)28)15-12(26)11(25)9(6-24)29-15/h1-4,9,11-12,15,24-26H,5-6H2,(H3,19,20,21,27)/t9?,11-,12-,15?/m1/s1. The Morgan fingerprint density at radius 2 is 1.90 bits per heavy atom. The van der Waals surface area contributed by atoms with Crippen LogP contribution >= 0.6 is 11.6 Å². The first-order valence-corrected chi connectivity index (χ1v) is 9.07. The van der Waals surface area contributed by atoms with Gasteiger partial charge >= 0.3 is 5.69 Å². The molecule has 1 saturated heterocycles. The van der Waals surface area contributed by atoms with Crippen molar-refractivity contribution in [3.8, 4) is 0 Å². The number of nitrogens with zero attached hydrogens (tertiary/aromatic N) is 3. The van der Waals surface area contributed by atoms with Crippen LogP contribution in [0.4, 0.5) is 5.95 Å². The monoisotopic (exact) mass is 423 g/mol. The van der Waals surface area contributed by atoms with Gasteiger partial charge in [-0.05, 0) is 17.7 Å². The minimum atomic E-state index is -1.53. The second-order valence-electron chi connectivity index (χ2n) is 6.72. The van der Waals surface area contributed by atoms with Crippen molar-refractivity contribution in [3.63, 3.8) is 0 Å². The van der Waals surface area contributed by atoms with Gasteiger partial charge in [0.2, 0.25) is 5.95 Å². The molecule has 1 aliphatic rings. The highest BCUT2D eigenvalue weighted by atomic mass is 35.5. The van der Waals surface area contributed by atoms with Crippen LogP contribution in [0.5, 0.6) is 0 Å². The van der Waals surface area contributed by atoms with E-state index in [1.807, 2.05) is 0 Å². The lowest BCUT2D eigenvalue weighted by Crippen LogP contribution is -2.36. The summed E-state index contributed by atoms with van der Waals surface area (Å²) >= 11 is 5.89. The Balaban J connectivity index is 1.92. The van der Waals surface area contributed by atoms with Crippen molar-refractivity contribution in [1.82, 2.24) is 19.1 Å². The number of nitrogen functional groups attached to an aromatic ring is 1. The lowest BCUT2D eigenvalue weighted by atomic mass is 10.1. The summed E-state index contributed by atoms with van der Waals surface area (Å²) in [5.74, 6) is -0.230. The summed E-state index contributed by atoms with van der Waals surface area (Å²) in [4.78, 5) is 32.1. The van der Waals surface area contributed by atoms with E-state index in [1.54, 1.807) is 24.3 Å². The van der Waals surface area contributed by atoms with Crippen LogP contribution in [0.3, 0.4) is 0 Å². The highest BCUT2D eigenvalue weighted by Gasteiger charge is 2.45. The minimum Gasteiger partial charge on any atom is -0.394 e. The van der Waals surface area contributed by atoms with E-state index in [0.717, 1.165) is 4.57 Å². The average molecular weight is 424 g/mol. The van der Waals surface area contributed by atoms with Crippen LogP contribution in [0.1, 0.15) is 11.8 Å². The van der Waals surface area contributed by atoms with Crippen LogP contribution < -0.4 is 17.0 Å². The fourth-order valence-corrected chi connectivity index (χ4v) is 3.57. The summed E-state index contributed by atoms with van der Waals surface area (Å²) in [6.45, 7) is -0.550. The SMILES string of the molecule is Nc1nc2c(c(=O)[nH]1)n(Cc1ccc(Cl)cc1)c(=O)n2C1OC(CO)[C@@H](O)[C@H]1O. The number of ether oxygens (including phenoxy) is 1. The number of nitrogens with one attached hydrogen (secondary N) is 1. The van der Waals surface area contributed by atoms with E-state index < -0.39 is 42.4 Å². The van der Waals surface area contributed by atoms with E-state index >= 15 is 0 Å². The summed E-state index contributed by atoms with van der Waals surface area (Å²) in [6, 6.07) is 6.69. The van der Waals surface area contributed by atoms with Gasteiger partial charge in [0.05, 0.1) is 13.2 Å². The molecule has 0 amide bonds. The van der Waals surface area contributed by atoms with Crippen LogP contribution in [0.2, 0.25) is 5.02 Å². The van der Waals surface area contributed by atoms with Crippen LogP contribution in [0, 0.1) is 0 Å². The van der Waals surface area contributed by atoms with Gasteiger partial charge in [-0.1, -0.05) is 23.7 Å². The molecule has 154 valence electrons. The molecule has 12 heteroatoms. The summed E-state index contributed by atoms with van der Waals surface area (Å²) in [6.07, 6.45) is -5.42. The molecule has 11 nitrogen and oxygen atoms in total. The second-order valence-corrected chi connectivity index (χ2v) is 7.15. The number of fused-ring (bicyclic) bond motifs is 1. The third-order valence-corrected chi connectivity index (χ3v) is 5.11. The summed E-state index contributed by atoms with van der Waals surface area (Å²) < 4.78 is 7.58.